The molecule has 0 aromatic heterocycles. The molecule has 0 unspecified atom stereocenters. The maximum absolute atomic E-state index is 5.43. The summed E-state index contributed by atoms with van der Waals surface area (Å²) < 4.78 is 10.8. The summed E-state index contributed by atoms with van der Waals surface area (Å²) in [5.41, 5.74) is 2.62. The smallest absolute Gasteiger partial charge is 0.193 e. The Morgan fingerprint density at radius 3 is 2.48 bits per heavy atom. The van der Waals surface area contributed by atoms with Gasteiger partial charge in [0, 0.05) is 26.7 Å². The van der Waals surface area contributed by atoms with Gasteiger partial charge in [-0.2, -0.15) is 0 Å². The van der Waals surface area contributed by atoms with E-state index in [0.717, 1.165) is 43.5 Å². The summed E-state index contributed by atoms with van der Waals surface area (Å²) in [6, 6.07) is 4.19. The topological polar surface area (TPSA) is 46.1 Å². The van der Waals surface area contributed by atoms with Crippen LogP contribution < -0.4 is 14.8 Å². The van der Waals surface area contributed by atoms with Crippen molar-refractivity contribution in [1.82, 2.24) is 10.2 Å². The van der Waals surface area contributed by atoms with Gasteiger partial charge in [0.05, 0.1) is 14.2 Å². The van der Waals surface area contributed by atoms with E-state index >= 15 is 0 Å². The van der Waals surface area contributed by atoms with Gasteiger partial charge in [-0.3, -0.25) is 4.99 Å². The summed E-state index contributed by atoms with van der Waals surface area (Å²) in [5.74, 6) is 2.59. The summed E-state index contributed by atoms with van der Waals surface area (Å²) >= 11 is 0. The zero-order valence-electron chi connectivity index (χ0n) is 14.8. The molecule has 1 N–H and O–H groups in total. The van der Waals surface area contributed by atoms with Gasteiger partial charge < -0.3 is 19.7 Å². The van der Waals surface area contributed by atoms with E-state index in [9.17, 15) is 0 Å². The van der Waals surface area contributed by atoms with E-state index in [-0.39, 0.29) is 0 Å². The largest absolute Gasteiger partial charge is 0.493 e. The molecule has 5 heteroatoms. The second kappa shape index (κ2) is 8.65. The predicted molar refractivity (Wildman–Crippen MR) is 94.5 cm³/mol. The molecular formula is C18H29N3O2. The lowest BCUT2D eigenvalue weighted by Crippen LogP contribution is -2.44. The standard InChI is InChI=1S/C18H29N3O2/c1-5-6-7-9-20-18(19-2)21-10-8-14-11-16(22-3)17(23-4)12-15(14)13-21/h11-12H,5-10,13H2,1-4H3,(H,19,20). The number of aliphatic imine (C=N–C) groups is 1. The number of nitrogens with one attached hydrogen (secondary N) is 1. The second-order valence-corrected chi connectivity index (χ2v) is 5.83. The van der Waals surface area contributed by atoms with Crippen molar-refractivity contribution >= 4 is 5.96 Å². The maximum atomic E-state index is 5.43. The average Bonchev–Trinajstić information content (AvgIpc) is 2.60. The molecule has 0 fully saturated rings. The number of methoxy groups -OCH3 is 2. The number of ether oxygens (including phenoxy) is 2. The van der Waals surface area contributed by atoms with Crippen LogP contribution in [0, 0.1) is 0 Å². The Hall–Kier alpha value is -1.91. The van der Waals surface area contributed by atoms with E-state index in [0.29, 0.717) is 0 Å². The van der Waals surface area contributed by atoms with Gasteiger partial charge in [0.25, 0.3) is 0 Å². The summed E-state index contributed by atoms with van der Waals surface area (Å²) in [6.45, 7) is 5.02. The van der Waals surface area contributed by atoms with Gasteiger partial charge >= 0.3 is 0 Å². The molecule has 2 rings (SSSR count). The highest BCUT2D eigenvalue weighted by molar-refractivity contribution is 5.80. The Bertz CT molecular complexity index is 543. The number of hydrogen-bond acceptors (Lipinski definition) is 3. The normalized spacial score (nSPS) is 14.4. The molecule has 1 aliphatic heterocycles. The van der Waals surface area contributed by atoms with Crippen LogP contribution in [0.1, 0.15) is 37.3 Å². The maximum Gasteiger partial charge on any atom is 0.193 e. The van der Waals surface area contributed by atoms with Crippen LogP contribution in [-0.4, -0.2) is 45.2 Å². The van der Waals surface area contributed by atoms with Crippen molar-refractivity contribution in [3.63, 3.8) is 0 Å². The van der Waals surface area contributed by atoms with Crippen molar-refractivity contribution in [2.24, 2.45) is 4.99 Å². The highest BCUT2D eigenvalue weighted by atomic mass is 16.5. The molecule has 0 saturated heterocycles. The van der Waals surface area contributed by atoms with Crippen molar-refractivity contribution in [1.29, 1.82) is 0 Å². The number of unbranched alkanes of at least 4 members (excludes halogenated alkanes) is 2. The molecule has 0 amide bonds. The van der Waals surface area contributed by atoms with Crippen molar-refractivity contribution in [3.8, 4) is 11.5 Å². The SMILES string of the molecule is CCCCCNC(=NC)N1CCc2cc(OC)c(OC)cc2C1. The van der Waals surface area contributed by atoms with Crippen LogP contribution in [0.2, 0.25) is 0 Å². The molecule has 1 aromatic carbocycles. The minimum absolute atomic E-state index is 0.791. The zero-order valence-corrected chi connectivity index (χ0v) is 14.8. The van der Waals surface area contributed by atoms with Gasteiger partial charge in [-0.1, -0.05) is 19.8 Å². The number of fused-ring (bicyclic) bond motifs is 1. The van der Waals surface area contributed by atoms with Crippen molar-refractivity contribution in [2.75, 3.05) is 34.4 Å². The monoisotopic (exact) mass is 319 g/mol. The third kappa shape index (κ3) is 4.30. The van der Waals surface area contributed by atoms with Crippen LogP contribution in [0.25, 0.3) is 0 Å². The first-order chi connectivity index (χ1) is 11.2. The Morgan fingerprint density at radius 2 is 1.87 bits per heavy atom. The minimum Gasteiger partial charge on any atom is -0.493 e. The lowest BCUT2D eigenvalue weighted by Gasteiger charge is -2.32. The van der Waals surface area contributed by atoms with E-state index in [1.165, 1.54) is 30.4 Å². The van der Waals surface area contributed by atoms with Crippen LogP contribution in [0.3, 0.4) is 0 Å². The fourth-order valence-corrected chi connectivity index (χ4v) is 2.97. The summed E-state index contributed by atoms with van der Waals surface area (Å²) in [5, 5.41) is 3.48. The molecule has 1 aliphatic rings. The van der Waals surface area contributed by atoms with Crippen LogP contribution >= 0.6 is 0 Å². The van der Waals surface area contributed by atoms with Gasteiger partial charge in [0.1, 0.15) is 0 Å². The van der Waals surface area contributed by atoms with Gasteiger partial charge in [0.2, 0.25) is 0 Å². The molecule has 23 heavy (non-hydrogen) atoms. The molecule has 0 spiro atoms. The van der Waals surface area contributed by atoms with Gasteiger partial charge in [-0.25, -0.2) is 0 Å². The molecular weight excluding hydrogens is 290 g/mol. The number of benzene rings is 1. The molecule has 128 valence electrons. The zero-order chi connectivity index (χ0) is 16.7. The summed E-state index contributed by atoms with van der Waals surface area (Å²) in [4.78, 5) is 6.74. The highest BCUT2D eigenvalue weighted by Crippen LogP contribution is 2.33. The van der Waals surface area contributed by atoms with Crippen molar-refractivity contribution in [2.45, 2.75) is 39.2 Å². The predicted octanol–water partition coefficient (Wildman–Crippen LogP) is 2.83. The third-order valence-electron chi connectivity index (χ3n) is 4.29. The highest BCUT2D eigenvalue weighted by Gasteiger charge is 2.21. The van der Waals surface area contributed by atoms with Crippen LogP contribution in [0.4, 0.5) is 0 Å². The van der Waals surface area contributed by atoms with Gasteiger partial charge in [-0.05, 0) is 36.1 Å². The van der Waals surface area contributed by atoms with E-state index < -0.39 is 0 Å². The second-order valence-electron chi connectivity index (χ2n) is 5.83. The van der Waals surface area contributed by atoms with E-state index in [4.69, 9.17) is 9.47 Å². The number of nitrogens with zero attached hydrogens (tertiary/aromatic N) is 2. The van der Waals surface area contributed by atoms with Crippen LogP contribution in [-0.2, 0) is 13.0 Å². The first-order valence-corrected chi connectivity index (χ1v) is 8.42. The molecule has 1 aromatic rings. The molecule has 0 radical (unpaired) electrons. The van der Waals surface area contributed by atoms with E-state index in [1.54, 1.807) is 14.2 Å². The van der Waals surface area contributed by atoms with E-state index in [2.05, 4.69) is 34.3 Å². The first-order valence-electron chi connectivity index (χ1n) is 8.42. The lowest BCUT2D eigenvalue weighted by atomic mass is 9.99. The van der Waals surface area contributed by atoms with Gasteiger partial charge in [0.15, 0.2) is 17.5 Å². The minimum atomic E-state index is 0.791. The van der Waals surface area contributed by atoms with Crippen molar-refractivity contribution in [3.05, 3.63) is 23.3 Å². The average molecular weight is 319 g/mol. The van der Waals surface area contributed by atoms with Gasteiger partial charge in [-0.15, -0.1) is 0 Å². The molecule has 0 aliphatic carbocycles. The molecule has 0 saturated carbocycles. The van der Waals surface area contributed by atoms with Crippen molar-refractivity contribution < 1.29 is 9.47 Å². The fraction of sp³-hybridized carbons (Fsp3) is 0.611. The summed E-state index contributed by atoms with van der Waals surface area (Å²) in [6.07, 6.45) is 4.67. The fourth-order valence-electron chi connectivity index (χ4n) is 2.97. The molecule has 5 nitrogen and oxygen atoms in total. The number of rotatable bonds is 6. The Balaban J connectivity index is 2.06. The van der Waals surface area contributed by atoms with E-state index in [1.807, 2.05) is 7.05 Å². The Labute approximate surface area is 139 Å². The first kappa shape index (κ1) is 17.4. The quantitative estimate of drug-likeness (QED) is 0.497. The van der Waals surface area contributed by atoms with Crippen LogP contribution in [0.5, 0.6) is 11.5 Å². The molecule has 0 atom stereocenters. The van der Waals surface area contributed by atoms with Crippen LogP contribution in [0.15, 0.2) is 17.1 Å². The third-order valence-corrected chi connectivity index (χ3v) is 4.29. The Kier molecular flexibility index (Phi) is 6.56. The molecule has 1 heterocycles. The Morgan fingerprint density at radius 1 is 1.17 bits per heavy atom. The summed E-state index contributed by atoms with van der Waals surface area (Å²) in [7, 11) is 5.22. The number of hydrogen-bond donors (Lipinski definition) is 1. The lowest BCUT2D eigenvalue weighted by molar-refractivity contribution is 0.346. The number of guanidine groups is 1. The molecule has 0 bridgehead atoms.